The number of allylic oxidation sites excluding steroid dienone is 2. The lowest BCUT2D eigenvalue weighted by Crippen LogP contribution is -1.95. The Morgan fingerprint density at radius 3 is 1.87 bits per heavy atom. The van der Waals surface area contributed by atoms with Gasteiger partial charge in [0.25, 0.3) is 0 Å². The molecule has 2 N–H and O–H groups in total. The summed E-state index contributed by atoms with van der Waals surface area (Å²) in [6, 6.07) is 13.3. The molecule has 0 heterocycles. The van der Waals surface area contributed by atoms with E-state index in [9.17, 15) is 10.2 Å². The molecular formula is C21H26O2. The average Bonchev–Trinajstić information content (AvgIpc) is 2.54. The molecule has 0 radical (unpaired) electrons. The summed E-state index contributed by atoms with van der Waals surface area (Å²) in [5, 5.41) is 19.6. The predicted octanol–water partition coefficient (Wildman–Crippen LogP) is 5.95. The molecule has 0 spiro atoms. The lowest BCUT2D eigenvalue weighted by molar-refractivity contribution is 0.465. The van der Waals surface area contributed by atoms with Crippen molar-refractivity contribution in [3.63, 3.8) is 0 Å². The largest absolute Gasteiger partial charge is 0.508 e. The maximum atomic E-state index is 10.1. The summed E-state index contributed by atoms with van der Waals surface area (Å²) in [6.07, 6.45) is 1.85. The van der Waals surface area contributed by atoms with Gasteiger partial charge in [-0.1, -0.05) is 45.9 Å². The Bertz CT molecular complexity index is 694. The van der Waals surface area contributed by atoms with Gasteiger partial charge in [0.15, 0.2) is 0 Å². The Morgan fingerprint density at radius 1 is 0.826 bits per heavy atom. The number of aromatic hydroxyl groups is 2. The molecule has 0 fully saturated rings. The molecule has 0 aliphatic rings. The zero-order chi connectivity index (χ0) is 17.0. The molecular weight excluding hydrogens is 284 g/mol. The third-order valence-electron chi connectivity index (χ3n) is 4.29. The van der Waals surface area contributed by atoms with Crippen molar-refractivity contribution < 1.29 is 10.2 Å². The number of phenols is 2. The fourth-order valence-corrected chi connectivity index (χ4v) is 3.05. The van der Waals surface area contributed by atoms with E-state index in [1.807, 2.05) is 18.2 Å². The molecule has 0 atom stereocenters. The second-order valence-corrected chi connectivity index (χ2v) is 6.14. The molecule has 0 aliphatic carbocycles. The molecule has 0 unspecified atom stereocenters. The third-order valence-corrected chi connectivity index (χ3v) is 4.29. The molecule has 0 aliphatic heterocycles. The summed E-state index contributed by atoms with van der Waals surface area (Å²) in [5.41, 5.74) is 5.86. The summed E-state index contributed by atoms with van der Waals surface area (Å²) in [6.45, 7) is 8.50. The van der Waals surface area contributed by atoms with Gasteiger partial charge < -0.3 is 10.2 Å². The highest BCUT2D eigenvalue weighted by atomic mass is 16.3. The molecule has 2 nitrogen and oxygen atoms in total. The van der Waals surface area contributed by atoms with Gasteiger partial charge in [0.05, 0.1) is 0 Å². The smallest absolute Gasteiger partial charge is 0.119 e. The molecule has 2 heteroatoms. The summed E-state index contributed by atoms with van der Waals surface area (Å²) in [5.74, 6) is 0.933. The van der Waals surface area contributed by atoms with Crippen LogP contribution in [0.25, 0.3) is 11.1 Å². The number of hydrogen-bond donors (Lipinski definition) is 2. The standard InChI is InChI=1S/C21H26O2/c1-5-18(15-7-10-17(22)11-8-15)19(6-2)16-9-12-21(23)20(13-16)14(3)4/h7-14,22-23H,5-6H2,1-4H3/b19-18+. The van der Waals surface area contributed by atoms with Crippen LogP contribution >= 0.6 is 0 Å². The van der Waals surface area contributed by atoms with Crippen molar-refractivity contribution in [2.75, 3.05) is 0 Å². The van der Waals surface area contributed by atoms with Crippen LogP contribution in [0.5, 0.6) is 11.5 Å². The van der Waals surface area contributed by atoms with E-state index in [1.54, 1.807) is 18.2 Å². The van der Waals surface area contributed by atoms with Crippen LogP contribution in [0, 0.1) is 0 Å². The first kappa shape index (κ1) is 17.1. The Kier molecular flexibility index (Phi) is 5.49. The molecule has 0 amide bonds. The van der Waals surface area contributed by atoms with Gasteiger partial charge in [-0.05, 0) is 70.9 Å². The molecule has 2 rings (SSSR count). The first-order valence-electron chi connectivity index (χ1n) is 8.32. The molecule has 0 saturated carbocycles. The van der Waals surface area contributed by atoms with Crippen molar-refractivity contribution in [3.8, 4) is 11.5 Å². The van der Waals surface area contributed by atoms with Gasteiger partial charge >= 0.3 is 0 Å². The van der Waals surface area contributed by atoms with Crippen LogP contribution in [0.4, 0.5) is 0 Å². The SMILES string of the molecule is CC/C(=C(/CC)c1ccc(O)c(C(C)C)c1)c1ccc(O)cc1. The Hall–Kier alpha value is -2.22. The predicted molar refractivity (Wildman–Crippen MR) is 97.7 cm³/mol. The van der Waals surface area contributed by atoms with Crippen LogP contribution in [0.1, 0.15) is 63.1 Å². The number of rotatable bonds is 5. The van der Waals surface area contributed by atoms with Gasteiger partial charge in [0, 0.05) is 0 Å². The van der Waals surface area contributed by atoms with Crippen LogP contribution < -0.4 is 0 Å². The van der Waals surface area contributed by atoms with Gasteiger partial charge in [-0.25, -0.2) is 0 Å². The minimum absolute atomic E-state index is 0.284. The quantitative estimate of drug-likeness (QED) is 0.670. The molecule has 0 aromatic heterocycles. The highest BCUT2D eigenvalue weighted by molar-refractivity contribution is 5.91. The van der Waals surface area contributed by atoms with Crippen molar-refractivity contribution >= 4 is 11.1 Å². The maximum absolute atomic E-state index is 10.1. The molecule has 23 heavy (non-hydrogen) atoms. The number of hydrogen-bond acceptors (Lipinski definition) is 2. The van der Waals surface area contributed by atoms with E-state index >= 15 is 0 Å². The van der Waals surface area contributed by atoms with Crippen molar-refractivity contribution in [1.29, 1.82) is 0 Å². The van der Waals surface area contributed by atoms with Crippen molar-refractivity contribution in [2.45, 2.75) is 46.5 Å². The van der Waals surface area contributed by atoms with Crippen LogP contribution in [-0.2, 0) is 0 Å². The van der Waals surface area contributed by atoms with Crippen molar-refractivity contribution in [3.05, 3.63) is 59.2 Å². The van der Waals surface area contributed by atoms with Gasteiger partial charge in [0.2, 0.25) is 0 Å². The Morgan fingerprint density at radius 2 is 1.35 bits per heavy atom. The van der Waals surface area contributed by atoms with E-state index in [-0.39, 0.29) is 11.7 Å². The van der Waals surface area contributed by atoms with Crippen LogP contribution in [0.3, 0.4) is 0 Å². The monoisotopic (exact) mass is 310 g/mol. The Balaban J connectivity index is 2.59. The van der Waals surface area contributed by atoms with Gasteiger partial charge in [0.1, 0.15) is 11.5 Å². The van der Waals surface area contributed by atoms with Gasteiger partial charge in [-0.15, -0.1) is 0 Å². The van der Waals surface area contributed by atoms with E-state index in [1.165, 1.54) is 16.7 Å². The second-order valence-electron chi connectivity index (χ2n) is 6.14. The average molecular weight is 310 g/mol. The van der Waals surface area contributed by atoms with Crippen LogP contribution in [-0.4, -0.2) is 10.2 Å². The minimum Gasteiger partial charge on any atom is -0.508 e. The molecule has 2 aromatic rings. The van der Waals surface area contributed by atoms with Crippen LogP contribution in [0.15, 0.2) is 42.5 Å². The highest BCUT2D eigenvalue weighted by Gasteiger charge is 2.12. The van der Waals surface area contributed by atoms with E-state index in [0.717, 1.165) is 24.0 Å². The molecule has 122 valence electrons. The Labute approximate surface area is 139 Å². The molecule has 0 bridgehead atoms. The molecule has 0 saturated heterocycles. The van der Waals surface area contributed by atoms with E-state index in [4.69, 9.17) is 0 Å². The first-order chi connectivity index (χ1) is 11.0. The summed E-state index contributed by atoms with van der Waals surface area (Å²) < 4.78 is 0. The highest BCUT2D eigenvalue weighted by Crippen LogP contribution is 2.35. The maximum Gasteiger partial charge on any atom is 0.119 e. The summed E-state index contributed by atoms with van der Waals surface area (Å²) >= 11 is 0. The summed E-state index contributed by atoms with van der Waals surface area (Å²) in [7, 11) is 0. The zero-order valence-corrected chi connectivity index (χ0v) is 14.4. The fourth-order valence-electron chi connectivity index (χ4n) is 3.05. The van der Waals surface area contributed by atoms with E-state index in [0.29, 0.717) is 5.75 Å². The van der Waals surface area contributed by atoms with Crippen molar-refractivity contribution in [2.24, 2.45) is 0 Å². The first-order valence-corrected chi connectivity index (χ1v) is 8.32. The number of phenolic OH excluding ortho intramolecular Hbond substituents is 2. The minimum atomic E-state index is 0.284. The van der Waals surface area contributed by atoms with Crippen LogP contribution in [0.2, 0.25) is 0 Å². The van der Waals surface area contributed by atoms with Crippen molar-refractivity contribution in [1.82, 2.24) is 0 Å². The van der Waals surface area contributed by atoms with E-state index < -0.39 is 0 Å². The fraction of sp³-hybridized carbons (Fsp3) is 0.333. The van der Waals surface area contributed by atoms with E-state index in [2.05, 4.69) is 33.8 Å². The molecule has 2 aromatic carbocycles. The van der Waals surface area contributed by atoms with Gasteiger partial charge in [-0.3, -0.25) is 0 Å². The normalized spacial score (nSPS) is 12.4. The zero-order valence-electron chi connectivity index (χ0n) is 14.4. The third kappa shape index (κ3) is 3.76. The lowest BCUT2D eigenvalue weighted by atomic mass is 9.89. The van der Waals surface area contributed by atoms with Gasteiger partial charge in [-0.2, -0.15) is 0 Å². The topological polar surface area (TPSA) is 40.5 Å². The second kappa shape index (κ2) is 7.36. The summed E-state index contributed by atoms with van der Waals surface area (Å²) in [4.78, 5) is 0. The lowest BCUT2D eigenvalue weighted by Gasteiger charge is -2.17. The number of benzene rings is 2.